The first-order chi connectivity index (χ1) is 8.19. The number of aromatic nitrogens is 2. The minimum atomic E-state index is -1.00. The number of benzene rings is 1. The van der Waals surface area contributed by atoms with Crippen molar-refractivity contribution in [2.24, 2.45) is 0 Å². The molecule has 0 radical (unpaired) electrons. The number of methoxy groups -OCH3 is 1. The van der Waals surface area contributed by atoms with Crippen LogP contribution < -0.4 is 4.74 Å². The molecule has 0 aliphatic rings. The van der Waals surface area contributed by atoms with Crippen molar-refractivity contribution < 1.29 is 19.1 Å². The third-order valence-corrected chi connectivity index (χ3v) is 2.11. The average Bonchev–Trinajstić information content (AvgIpc) is 2.77. The quantitative estimate of drug-likeness (QED) is 0.859. The molecule has 17 heavy (non-hydrogen) atoms. The first kappa shape index (κ1) is 11.1. The zero-order valence-corrected chi connectivity index (χ0v) is 9.08. The van der Waals surface area contributed by atoms with E-state index in [0.717, 1.165) is 11.3 Å². The van der Waals surface area contributed by atoms with Crippen LogP contribution in [-0.4, -0.2) is 28.4 Å². The molecule has 6 heteroatoms. The first-order valence-corrected chi connectivity index (χ1v) is 4.87. The Hall–Kier alpha value is -2.37. The molecule has 1 heterocycles. The molecule has 0 atom stereocenters. The van der Waals surface area contributed by atoms with Crippen molar-refractivity contribution in [3.05, 3.63) is 30.2 Å². The Kier molecular flexibility index (Phi) is 3.04. The lowest BCUT2D eigenvalue weighted by molar-refractivity contribution is -0.136. The van der Waals surface area contributed by atoms with Crippen LogP contribution in [0, 0.1) is 0 Å². The number of rotatable bonds is 4. The van der Waals surface area contributed by atoms with Crippen LogP contribution in [-0.2, 0) is 11.2 Å². The first-order valence-electron chi connectivity index (χ1n) is 4.87. The number of nitrogens with zero attached hydrogens (tertiary/aromatic N) is 2. The summed E-state index contributed by atoms with van der Waals surface area (Å²) < 4.78 is 10.2. The summed E-state index contributed by atoms with van der Waals surface area (Å²) in [6, 6.07) is 7.04. The molecule has 1 aromatic carbocycles. The lowest BCUT2D eigenvalue weighted by atomic mass is 10.2. The molecular formula is C11H10N2O4. The zero-order valence-electron chi connectivity index (χ0n) is 9.08. The minimum Gasteiger partial charge on any atom is -0.497 e. The summed E-state index contributed by atoms with van der Waals surface area (Å²) in [5.41, 5.74) is 0.718. The third kappa shape index (κ3) is 2.60. The Morgan fingerprint density at radius 3 is 2.65 bits per heavy atom. The van der Waals surface area contributed by atoms with Gasteiger partial charge in [-0.25, -0.2) is 0 Å². The maximum absolute atomic E-state index is 10.5. The predicted octanol–water partition coefficient (Wildman–Crippen LogP) is 1.37. The smallest absolute Gasteiger partial charge is 0.312 e. The van der Waals surface area contributed by atoms with E-state index in [1.54, 1.807) is 31.4 Å². The normalized spacial score (nSPS) is 10.2. The number of ether oxygens (including phenoxy) is 1. The molecular weight excluding hydrogens is 224 g/mol. The third-order valence-electron chi connectivity index (χ3n) is 2.11. The van der Waals surface area contributed by atoms with Gasteiger partial charge >= 0.3 is 5.97 Å². The molecule has 2 rings (SSSR count). The topological polar surface area (TPSA) is 85.5 Å². The average molecular weight is 234 g/mol. The van der Waals surface area contributed by atoms with Gasteiger partial charge in [-0.3, -0.25) is 4.79 Å². The molecule has 6 nitrogen and oxygen atoms in total. The van der Waals surface area contributed by atoms with Crippen molar-refractivity contribution in [1.29, 1.82) is 0 Å². The molecule has 0 saturated heterocycles. The molecule has 1 aromatic heterocycles. The van der Waals surface area contributed by atoms with Crippen LogP contribution in [0.1, 0.15) is 5.89 Å². The van der Waals surface area contributed by atoms with Gasteiger partial charge in [0, 0.05) is 5.56 Å². The Morgan fingerprint density at radius 2 is 2.06 bits per heavy atom. The fourth-order valence-electron chi connectivity index (χ4n) is 1.30. The molecule has 1 N–H and O–H groups in total. The van der Waals surface area contributed by atoms with Crippen molar-refractivity contribution in [1.82, 2.24) is 10.2 Å². The van der Waals surface area contributed by atoms with Crippen molar-refractivity contribution in [3.8, 4) is 17.2 Å². The summed E-state index contributed by atoms with van der Waals surface area (Å²) >= 11 is 0. The van der Waals surface area contributed by atoms with Crippen LogP contribution >= 0.6 is 0 Å². The molecule has 0 saturated carbocycles. The summed E-state index contributed by atoms with van der Waals surface area (Å²) in [6.07, 6.45) is -0.275. The van der Waals surface area contributed by atoms with Gasteiger partial charge in [0.05, 0.1) is 7.11 Å². The standard InChI is InChI=1S/C11H10N2O4/c1-16-8-4-2-7(3-5-8)11-13-12-9(17-11)6-10(14)15/h2-5H,6H2,1H3,(H,14,15). The fourth-order valence-corrected chi connectivity index (χ4v) is 1.30. The van der Waals surface area contributed by atoms with E-state index in [1.165, 1.54) is 0 Å². The van der Waals surface area contributed by atoms with E-state index in [4.69, 9.17) is 14.3 Å². The van der Waals surface area contributed by atoms with Gasteiger partial charge < -0.3 is 14.3 Å². The summed E-state index contributed by atoms with van der Waals surface area (Å²) in [6.45, 7) is 0. The maximum atomic E-state index is 10.5. The molecule has 0 bridgehead atoms. The van der Waals surface area contributed by atoms with Crippen LogP contribution in [0.25, 0.3) is 11.5 Å². The van der Waals surface area contributed by atoms with Crippen molar-refractivity contribution in [2.45, 2.75) is 6.42 Å². The summed E-state index contributed by atoms with van der Waals surface area (Å²) in [4.78, 5) is 10.5. The van der Waals surface area contributed by atoms with E-state index >= 15 is 0 Å². The second-order valence-corrected chi connectivity index (χ2v) is 3.30. The van der Waals surface area contributed by atoms with E-state index in [-0.39, 0.29) is 12.3 Å². The molecule has 0 unspecified atom stereocenters. The van der Waals surface area contributed by atoms with Crippen LogP contribution in [0.5, 0.6) is 5.75 Å². The minimum absolute atomic E-state index is 0.0864. The van der Waals surface area contributed by atoms with Gasteiger partial charge in [0.1, 0.15) is 12.2 Å². The van der Waals surface area contributed by atoms with Crippen LogP contribution in [0.4, 0.5) is 0 Å². The number of carboxylic acid groups (broad SMARTS) is 1. The Labute approximate surface area is 96.9 Å². The second-order valence-electron chi connectivity index (χ2n) is 3.30. The number of hydrogen-bond acceptors (Lipinski definition) is 5. The lowest BCUT2D eigenvalue weighted by Crippen LogP contribution is -1.99. The van der Waals surface area contributed by atoms with Gasteiger partial charge in [-0.15, -0.1) is 10.2 Å². The van der Waals surface area contributed by atoms with Crippen LogP contribution in [0.2, 0.25) is 0 Å². The number of aliphatic carboxylic acids is 1. The van der Waals surface area contributed by atoms with Crippen LogP contribution in [0.3, 0.4) is 0 Å². The Bertz CT molecular complexity index is 519. The number of carbonyl (C=O) groups is 1. The van der Waals surface area contributed by atoms with Gasteiger partial charge in [0.2, 0.25) is 11.8 Å². The van der Waals surface area contributed by atoms with Gasteiger partial charge in [0.25, 0.3) is 0 Å². The summed E-state index contributed by atoms with van der Waals surface area (Å²) in [7, 11) is 1.58. The van der Waals surface area contributed by atoms with E-state index in [0.29, 0.717) is 5.89 Å². The monoisotopic (exact) mass is 234 g/mol. The molecule has 2 aromatic rings. The molecule has 0 spiro atoms. The summed E-state index contributed by atoms with van der Waals surface area (Å²) in [5, 5.41) is 16.0. The molecule has 0 aliphatic carbocycles. The SMILES string of the molecule is COc1ccc(-c2nnc(CC(=O)O)o2)cc1. The molecule has 0 amide bonds. The van der Waals surface area contributed by atoms with Crippen molar-refractivity contribution in [2.75, 3.05) is 7.11 Å². The second kappa shape index (κ2) is 4.65. The van der Waals surface area contributed by atoms with Crippen molar-refractivity contribution >= 4 is 5.97 Å². The zero-order chi connectivity index (χ0) is 12.3. The number of carboxylic acids is 1. The molecule has 0 fully saturated rings. The molecule has 88 valence electrons. The Balaban J connectivity index is 2.21. The highest BCUT2D eigenvalue weighted by atomic mass is 16.5. The van der Waals surface area contributed by atoms with Gasteiger partial charge in [0.15, 0.2) is 0 Å². The van der Waals surface area contributed by atoms with Crippen LogP contribution in [0.15, 0.2) is 28.7 Å². The van der Waals surface area contributed by atoms with E-state index in [1.807, 2.05) is 0 Å². The fraction of sp³-hybridized carbons (Fsp3) is 0.182. The number of hydrogen-bond donors (Lipinski definition) is 1. The van der Waals surface area contributed by atoms with Gasteiger partial charge in [-0.1, -0.05) is 0 Å². The maximum Gasteiger partial charge on any atom is 0.312 e. The van der Waals surface area contributed by atoms with Gasteiger partial charge in [-0.2, -0.15) is 0 Å². The summed E-state index contributed by atoms with van der Waals surface area (Å²) in [5.74, 6) is 0.0983. The largest absolute Gasteiger partial charge is 0.497 e. The molecule has 0 aliphatic heterocycles. The lowest BCUT2D eigenvalue weighted by Gasteiger charge is -1.99. The predicted molar refractivity (Wildman–Crippen MR) is 57.6 cm³/mol. The Morgan fingerprint density at radius 1 is 1.35 bits per heavy atom. The van der Waals surface area contributed by atoms with Crippen molar-refractivity contribution in [3.63, 3.8) is 0 Å². The highest BCUT2D eigenvalue weighted by molar-refractivity contribution is 5.68. The van der Waals surface area contributed by atoms with E-state index < -0.39 is 5.97 Å². The highest BCUT2D eigenvalue weighted by Gasteiger charge is 2.11. The highest BCUT2D eigenvalue weighted by Crippen LogP contribution is 2.21. The van der Waals surface area contributed by atoms with E-state index in [2.05, 4.69) is 10.2 Å². The van der Waals surface area contributed by atoms with Gasteiger partial charge in [-0.05, 0) is 24.3 Å². The van der Waals surface area contributed by atoms with E-state index in [9.17, 15) is 4.79 Å².